The van der Waals surface area contributed by atoms with Gasteiger partial charge in [-0.15, -0.1) is 0 Å². The lowest BCUT2D eigenvalue weighted by Gasteiger charge is -2.40. The van der Waals surface area contributed by atoms with E-state index in [0.29, 0.717) is 77.6 Å². The lowest BCUT2D eigenvalue weighted by Crippen LogP contribution is -2.53. The molecule has 0 bridgehead atoms. The number of hydrogen-bond acceptors (Lipinski definition) is 13. The second-order valence-corrected chi connectivity index (χ2v) is 19.6. The van der Waals surface area contributed by atoms with E-state index in [9.17, 15) is 14.6 Å². The molecule has 4 fully saturated rings. The Kier molecular flexibility index (Phi) is 14.3. The maximum atomic E-state index is 16.1. The van der Waals surface area contributed by atoms with Crippen molar-refractivity contribution in [2.24, 2.45) is 0 Å². The van der Waals surface area contributed by atoms with Crippen LogP contribution in [0.1, 0.15) is 74.7 Å². The molecule has 7 aromatic heterocycles. The third kappa shape index (κ3) is 10.4. The summed E-state index contributed by atoms with van der Waals surface area (Å²) in [5.74, 6) is 1.43. The molecule has 0 aliphatic carbocycles. The Morgan fingerprint density at radius 1 is 0.667 bits per heavy atom. The van der Waals surface area contributed by atoms with Crippen LogP contribution in [-0.2, 0) is 16.1 Å². The fourth-order valence-corrected chi connectivity index (χ4v) is 10.8. The summed E-state index contributed by atoms with van der Waals surface area (Å²) in [7, 11) is -0.704. The van der Waals surface area contributed by atoms with Crippen LogP contribution in [0.15, 0.2) is 97.6 Å². The van der Waals surface area contributed by atoms with E-state index < -0.39 is 18.4 Å². The van der Waals surface area contributed by atoms with E-state index >= 15 is 8.78 Å². The van der Waals surface area contributed by atoms with Gasteiger partial charge in [0.2, 0.25) is 0 Å². The quantitative estimate of drug-likeness (QED) is 0.124. The smallest absolute Gasteiger partial charge is 0.408 e. The molecule has 0 unspecified atom stereocenters. The van der Waals surface area contributed by atoms with Crippen molar-refractivity contribution in [3.63, 3.8) is 0 Å². The Morgan fingerprint density at radius 2 is 1.15 bits per heavy atom. The summed E-state index contributed by atoms with van der Waals surface area (Å²) in [4.78, 5) is 64.1. The van der Waals surface area contributed by atoms with Gasteiger partial charge in [-0.3, -0.25) is 24.5 Å². The summed E-state index contributed by atoms with van der Waals surface area (Å²) >= 11 is 0. The van der Waals surface area contributed by atoms with Gasteiger partial charge in [-0.25, -0.2) is 33.7 Å². The average Bonchev–Trinajstić information content (AvgIpc) is 3.99. The molecule has 11 heterocycles. The summed E-state index contributed by atoms with van der Waals surface area (Å²) in [6.07, 6.45) is 10.8. The fraction of sp³-hybridized carbons (Fsp3) is 0.442. The predicted molar refractivity (Wildman–Crippen MR) is 272 cm³/mol. The van der Waals surface area contributed by atoms with Crippen LogP contribution in [0.5, 0.6) is 0 Å². The summed E-state index contributed by atoms with van der Waals surface area (Å²) in [6.45, 7) is 8.35. The summed E-state index contributed by atoms with van der Waals surface area (Å²) in [5.41, 5.74) is 3.15. The maximum absolute atomic E-state index is 16.1. The Bertz CT molecular complexity index is 2980. The number of nitrogens with zero attached hydrogens (tertiary/aromatic N) is 12. The predicted octanol–water partition coefficient (Wildman–Crippen LogP) is 6.64. The number of imidazole rings is 2. The Labute approximate surface area is 417 Å². The molecule has 0 radical (unpaired) electrons. The molecular formula is C52H61BF2N14O3. The van der Waals surface area contributed by atoms with E-state index in [-0.39, 0.29) is 49.6 Å². The number of likely N-dealkylation sites (tertiary alicyclic amines) is 3. The number of carbonyl (C=O) groups is 2. The zero-order chi connectivity index (χ0) is 49.8. The van der Waals surface area contributed by atoms with Crippen LogP contribution in [0.3, 0.4) is 0 Å². The van der Waals surface area contributed by atoms with Gasteiger partial charge in [0.1, 0.15) is 28.2 Å². The lowest BCUT2D eigenvalue weighted by molar-refractivity contribution is -0.149. The van der Waals surface area contributed by atoms with Crippen molar-refractivity contribution in [3.8, 4) is 23.0 Å². The molecule has 0 spiro atoms. The van der Waals surface area contributed by atoms with Crippen molar-refractivity contribution in [2.75, 3.05) is 57.6 Å². The number of fused-ring (bicyclic) bond motifs is 2. The standard InChI is InChI=1S/C30H36BFN8O2.C22H25FN6O/c1-21-18-22(19-26(35-21)37-31(2)42)20-38-16-10-30(32,11-17-38)29(41)39-14-8-23(9-15-39)40-27-25(7-5-13-34-27)36-28(40)24-6-3-4-12-33-24;23-22(8-12-24-13-9-22)21(30)28-14-6-16(7-15-28)29-19-18(5-3-11-26-19)27-20(29)17-4-1-2-10-25-17/h3-7,12-13,18-19,23,42H,8-11,14-17,20H2,1-2H3,(H,35,37);1-5,10-11,16,24H,6-9,12-15H2. The molecular weight excluding hydrogens is 917 g/mol. The molecule has 0 saturated carbocycles. The number of aromatic nitrogens is 9. The van der Waals surface area contributed by atoms with E-state index in [0.717, 1.165) is 69.5 Å². The highest BCUT2D eigenvalue weighted by molar-refractivity contribution is 6.52. The second-order valence-electron chi connectivity index (χ2n) is 19.6. The topological polar surface area (TPSA) is 188 Å². The molecule has 4 saturated heterocycles. The average molecular weight is 979 g/mol. The molecule has 2 amide bonds. The monoisotopic (exact) mass is 979 g/mol. The largest absolute Gasteiger partial charge is 0.433 e. The molecule has 20 heteroatoms. The van der Waals surface area contributed by atoms with E-state index in [1.807, 2.05) is 79.7 Å². The molecule has 0 atom stereocenters. The van der Waals surface area contributed by atoms with Crippen LogP contribution in [0, 0.1) is 6.92 Å². The zero-order valence-electron chi connectivity index (χ0n) is 40.9. The molecule has 72 heavy (non-hydrogen) atoms. The Morgan fingerprint density at radius 3 is 1.62 bits per heavy atom. The van der Waals surface area contributed by atoms with Crippen molar-refractivity contribution in [3.05, 3.63) is 109 Å². The first-order chi connectivity index (χ1) is 34.9. The minimum absolute atomic E-state index is 0.0837. The Hall–Kier alpha value is -6.77. The second kappa shape index (κ2) is 21.1. The molecule has 7 aromatic rings. The highest BCUT2D eigenvalue weighted by atomic mass is 19.1. The summed E-state index contributed by atoms with van der Waals surface area (Å²) in [6, 6.07) is 23.3. The Balaban J connectivity index is 0.000000175. The highest BCUT2D eigenvalue weighted by Gasteiger charge is 2.46. The highest BCUT2D eigenvalue weighted by Crippen LogP contribution is 2.37. The van der Waals surface area contributed by atoms with Gasteiger partial charge in [-0.1, -0.05) is 12.1 Å². The molecule has 4 aliphatic heterocycles. The molecule has 374 valence electrons. The van der Waals surface area contributed by atoms with E-state index in [2.05, 4.69) is 49.5 Å². The number of piperidine rings is 4. The van der Waals surface area contributed by atoms with Gasteiger partial charge in [-0.2, -0.15) is 0 Å². The number of carbonyl (C=O) groups excluding carboxylic acids is 2. The summed E-state index contributed by atoms with van der Waals surface area (Å²) in [5, 5.41) is 15.7. The third-order valence-corrected chi connectivity index (χ3v) is 14.5. The van der Waals surface area contributed by atoms with Crippen molar-refractivity contribution in [1.82, 2.24) is 64.0 Å². The number of halogens is 2. The number of pyridine rings is 5. The minimum Gasteiger partial charge on any atom is -0.433 e. The summed E-state index contributed by atoms with van der Waals surface area (Å²) < 4.78 is 35.5. The van der Waals surface area contributed by atoms with E-state index in [1.165, 1.54) is 0 Å². The van der Waals surface area contributed by atoms with Gasteiger partial charge in [0.15, 0.2) is 34.3 Å². The zero-order valence-corrected chi connectivity index (χ0v) is 40.9. The number of nitrogens with one attached hydrogen (secondary N) is 2. The molecule has 4 aliphatic rings. The van der Waals surface area contributed by atoms with Gasteiger partial charge in [0.25, 0.3) is 11.8 Å². The number of alkyl halides is 2. The number of hydrogen-bond donors (Lipinski definition) is 3. The van der Waals surface area contributed by atoms with Crippen molar-refractivity contribution >= 4 is 47.0 Å². The van der Waals surface area contributed by atoms with E-state index in [4.69, 9.17) is 9.97 Å². The number of rotatable bonds is 10. The van der Waals surface area contributed by atoms with Crippen LogP contribution in [-0.4, -0.2) is 146 Å². The number of aryl methyl sites for hydroxylation is 1. The maximum Gasteiger partial charge on any atom is 0.408 e. The normalized spacial score (nSPS) is 18.7. The first-order valence-electron chi connectivity index (χ1n) is 25.3. The molecule has 11 rings (SSSR count). The van der Waals surface area contributed by atoms with Crippen LogP contribution >= 0.6 is 0 Å². The number of amides is 2. The van der Waals surface area contributed by atoms with Gasteiger partial charge >= 0.3 is 7.05 Å². The first kappa shape index (κ1) is 48.8. The SMILES string of the molecule is CB(O)Nc1cc(CN2CCC(F)(C(=O)N3CCC(n4c(-c5ccccn5)nc5cccnc54)CC3)CC2)cc(C)n1.O=C(N1CCC(n2c(-c3ccccn3)nc3cccnc32)CC1)C1(F)CCNCC1. The van der Waals surface area contributed by atoms with Crippen molar-refractivity contribution in [2.45, 2.75) is 95.1 Å². The van der Waals surface area contributed by atoms with E-state index in [1.54, 1.807) is 41.4 Å². The van der Waals surface area contributed by atoms with Crippen molar-refractivity contribution < 1.29 is 23.4 Å². The molecule has 3 N–H and O–H groups in total. The van der Waals surface area contributed by atoms with Gasteiger partial charge in [0, 0.05) is 114 Å². The lowest BCUT2D eigenvalue weighted by atomic mass is 9.89. The van der Waals surface area contributed by atoms with Crippen LogP contribution in [0.25, 0.3) is 45.4 Å². The van der Waals surface area contributed by atoms with Gasteiger partial charge in [-0.05, 0) is 119 Å². The molecule has 0 aromatic carbocycles. The van der Waals surface area contributed by atoms with Gasteiger partial charge in [0.05, 0.1) is 0 Å². The van der Waals surface area contributed by atoms with Crippen LogP contribution < -0.4 is 10.5 Å². The molecule has 17 nitrogen and oxygen atoms in total. The number of anilines is 1. The van der Waals surface area contributed by atoms with Crippen LogP contribution in [0.4, 0.5) is 14.6 Å². The first-order valence-corrected chi connectivity index (χ1v) is 25.3. The third-order valence-electron chi connectivity index (χ3n) is 14.5. The fourth-order valence-electron chi connectivity index (χ4n) is 10.8. The van der Waals surface area contributed by atoms with Crippen LogP contribution in [0.2, 0.25) is 6.82 Å². The van der Waals surface area contributed by atoms with Gasteiger partial charge < -0.3 is 34.5 Å². The minimum atomic E-state index is -1.85. The van der Waals surface area contributed by atoms with Crippen molar-refractivity contribution in [1.29, 1.82) is 0 Å².